The van der Waals surface area contributed by atoms with E-state index >= 15 is 0 Å². The summed E-state index contributed by atoms with van der Waals surface area (Å²) in [5, 5.41) is 11.4. The molecule has 0 aliphatic heterocycles. The fourth-order valence-corrected chi connectivity index (χ4v) is 2.75. The van der Waals surface area contributed by atoms with Crippen molar-refractivity contribution >= 4 is 27.7 Å². The number of hydrogen-bond donors (Lipinski definition) is 1. The van der Waals surface area contributed by atoms with Crippen molar-refractivity contribution < 1.29 is 0 Å². The molecule has 0 aliphatic rings. The summed E-state index contributed by atoms with van der Waals surface area (Å²) >= 11 is 4.91. The Bertz CT molecular complexity index is 561. The molecule has 98 valence electrons. The maximum atomic E-state index is 11.5. The molecule has 2 aromatic heterocycles. The molecule has 2 rings (SSSR count). The Balaban J connectivity index is 1.92. The van der Waals surface area contributed by atoms with Crippen LogP contribution in [-0.2, 0) is 13.1 Å². The minimum absolute atomic E-state index is 0.138. The van der Waals surface area contributed by atoms with Gasteiger partial charge < -0.3 is 0 Å². The van der Waals surface area contributed by atoms with E-state index in [2.05, 4.69) is 31.2 Å². The molecule has 0 saturated heterocycles. The van der Waals surface area contributed by atoms with Crippen molar-refractivity contribution in [2.75, 3.05) is 5.75 Å². The van der Waals surface area contributed by atoms with Crippen LogP contribution in [0.3, 0.4) is 0 Å². The van der Waals surface area contributed by atoms with Gasteiger partial charge in [0.25, 0.3) is 0 Å². The third kappa shape index (κ3) is 3.26. The van der Waals surface area contributed by atoms with Gasteiger partial charge in [0, 0.05) is 18.5 Å². The van der Waals surface area contributed by atoms with Crippen molar-refractivity contribution in [2.24, 2.45) is 0 Å². The minimum Gasteiger partial charge on any atom is -0.271 e. The molecule has 0 amide bonds. The van der Waals surface area contributed by atoms with Crippen LogP contribution in [0, 0.1) is 0 Å². The number of H-pyrrole nitrogens is 1. The van der Waals surface area contributed by atoms with E-state index in [0.29, 0.717) is 6.54 Å². The number of hydrogen-bond acceptors (Lipinski definition) is 4. The number of aromatic amines is 1. The molecule has 0 radical (unpaired) electrons. The molecule has 2 heterocycles. The Kier molecular flexibility index (Phi) is 4.65. The lowest BCUT2D eigenvalue weighted by Crippen LogP contribution is -2.17. The monoisotopic (exact) mass is 331 g/mol. The molecule has 0 spiro atoms. The summed E-state index contributed by atoms with van der Waals surface area (Å²) in [5.41, 5.74) is -0.138. The van der Waals surface area contributed by atoms with Crippen LogP contribution in [0.25, 0.3) is 0 Å². The SMILES string of the molecule is CCCn1c(SCCn2cc(Br)cn2)n[nH]c1=O. The Morgan fingerprint density at radius 1 is 1.50 bits per heavy atom. The first kappa shape index (κ1) is 13.4. The second kappa shape index (κ2) is 6.24. The smallest absolute Gasteiger partial charge is 0.271 e. The molecule has 18 heavy (non-hydrogen) atoms. The number of aryl methyl sites for hydroxylation is 1. The van der Waals surface area contributed by atoms with Crippen molar-refractivity contribution in [3.63, 3.8) is 0 Å². The number of nitrogens with zero attached hydrogens (tertiary/aromatic N) is 4. The highest BCUT2D eigenvalue weighted by atomic mass is 79.9. The van der Waals surface area contributed by atoms with Crippen molar-refractivity contribution in [2.45, 2.75) is 31.6 Å². The van der Waals surface area contributed by atoms with Gasteiger partial charge in [-0.15, -0.1) is 5.10 Å². The van der Waals surface area contributed by atoms with Gasteiger partial charge in [-0.05, 0) is 22.4 Å². The average Bonchev–Trinajstić information content (AvgIpc) is 2.90. The van der Waals surface area contributed by atoms with Crippen LogP contribution in [0.4, 0.5) is 0 Å². The molecule has 0 bridgehead atoms. The lowest BCUT2D eigenvalue weighted by molar-refractivity contribution is 0.602. The summed E-state index contributed by atoms with van der Waals surface area (Å²) in [7, 11) is 0. The van der Waals surface area contributed by atoms with E-state index in [-0.39, 0.29) is 5.69 Å². The van der Waals surface area contributed by atoms with Gasteiger partial charge >= 0.3 is 5.69 Å². The van der Waals surface area contributed by atoms with Crippen molar-refractivity contribution in [3.8, 4) is 0 Å². The highest BCUT2D eigenvalue weighted by Crippen LogP contribution is 2.14. The summed E-state index contributed by atoms with van der Waals surface area (Å²) in [4.78, 5) is 11.5. The first-order valence-corrected chi connectivity index (χ1v) is 7.44. The highest BCUT2D eigenvalue weighted by Gasteiger charge is 2.07. The van der Waals surface area contributed by atoms with Crippen LogP contribution in [0.1, 0.15) is 13.3 Å². The van der Waals surface area contributed by atoms with Gasteiger partial charge in [-0.2, -0.15) is 5.10 Å². The molecule has 2 aromatic rings. The van der Waals surface area contributed by atoms with E-state index in [1.807, 2.05) is 17.8 Å². The van der Waals surface area contributed by atoms with Crippen molar-refractivity contribution in [1.82, 2.24) is 24.5 Å². The quantitative estimate of drug-likeness (QED) is 0.818. The molecule has 0 fully saturated rings. The third-order valence-electron chi connectivity index (χ3n) is 2.32. The Hall–Kier alpha value is -1.02. The maximum Gasteiger partial charge on any atom is 0.343 e. The number of halogens is 1. The molecular weight excluding hydrogens is 318 g/mol. The third-order valence-corrected chi connectivity index (χ3v) is 3.69. The lowest BCUT2D eigenvalue weighted by Gasteiger charge is -2.03. The number of aromatic nitrogens is 5. The predicted molar refractivity (Wildman–Crippen MR) is 73.8 cm³/mol. The van der Waals surface area contributed by atoms with Gasteiger partial charge in [0.05, 0.1) is 17.2 Å². The van der Waals surface area contributed by atoms with E-state index in [0.717, 1.165) is 28.3 Å². The highest BCUT2D eigenvalue weighted by molar-refractivity contribution is 9.10. The largest absolute Gasteiger partial charge is 0.343 e. The van der Waals surface area contributed by atoms with Crippen molar-refractivity contribution in [1.29, 1.82) is 0 Å². The Labute approximate surface area is 117 Å². The van der Waals surface area contributed by atoms with Crippen LogP contribution >= 0.6 is 27.7 Å². The van der Waals surface area contributed by atoms with E-state index in [1.54, 1.807) is 22.5 Å². The van der Waals surface area contributed by atoms with Crippen LogP contribution in [0.2, 0.25) is 0 Å². The predicted octanol–water partition coefficient (Wildman–Crippen LogP) is 1.73. The molecule has 0 aromatic carbocycles. The second-order valence-corrected chi connectivity index (χ2v) is 5.71. The first-order valence-electron chi connectivity index (χ1n) is 5.66. The zero-order valence-corrected chi connectivity index (χ0v) is 12.4. The van der Waals surface area contributed by atoms with Gasteiger partial charge in [-0.25, -0.2) is 9.89 Å². The minimum atomic E-state index is -0.138. The van der Waals surface area contributed by atoms with Crippen molar-refractivity contribution in [3.05, 3.63) is 27.4 Å². The number of rotatable bonds is 6. The zero-order chi connectivity index (χ0) is 13.0. The molecule has 0 aliphatic carbocycles. The van der Waals surface area contributed by atoms with E-state index in [1.165, 1.54) is 0 Å². The maximum absolute atomic E-state index is 11.5. The van der Waals surface area contributed by atoms with Crippen LogP contribution in [0.15, 0.2) is 26.8 Å². The van der Waals surface area contributed by atoms with E-state index in [9.17, 15) is 4.79 Å². The van der Waals surface area contributed by atoms with Gasteiger partial charge in [0.1, 0.15) is 0 Å². The van der Waals surface area contributed by atoms with Gasteiger partial charge in [-0.1, -0.05) is 18.7 Å². The fraction of sp³-hybridized carbons (Fsp3) is 0.500. The van der Waals surface area contributed by atoms with Gasteiger partial charge in [0.15, 0.2) is 5.16 Å². The van der Waals surface area contributed by atoms with Gasteiger partial charge in [0.2, 0.25) is 0 Å². The average molecular weight is 332 g/mol. The number of thioether (sulfide) groups is 1. The normalized spacial score (nSPS) is 11.0. The van der Waals surface area contributed by atoms with Crippen LogP contribution in [-0.4, -0.2) is 30.3 Å². The summed E-state index contributed by atoms with van der Waals surface area (Å²) in [6.45, 7) is 3.52. The molecule has 1 N–H and O–H groups in total. The Morgan fingerprint density at radius 3 is 3.00 bits per heavy atom. The molecule has 0 saturated carbocycles. The number of nitrogens with one attached hydrogen (secondary N) is 1. The topological polar surface area (TPSA) is 68.5 Å². The molecule has 8 heteroatoms. The second-order valence-electron chi connectivity index (χ2n) is 3.73. The zero-order valence-electron chi connectivity index (χ0n) is 9.97. The van der Waals surface area contributed by atoms with Crippen LogP contribution < -0.4 is 5.69 Å². The molecule has 0 unspecified atom stereocenters. The standard InChI is InChI=1S/C10H14BrN5OS/c1-2-3-16-9(17)13-14-10(16)18-5-4-15-7-8(11)6-12-15/h6-7H,2-5H2,1H3,(H,13,17). The summed E-state index contributed by atoms with van der Waals surface area (Å²) in [6, 6.07) is 0. The molecule has 6 nitrogen and oxygen atoms in total. The Morgan fingerprint density at radius 2 is 2.33 bits per heavy atom. The fourth-order valence-electron chi connectivity index (χ4n) is 1.53. The lowest BCUT2D eigenvalue weighted by atomic mass is 10.5. The van der Waals surface area contributed by atoms with Gasteiger partial charge in [-0.3, -0.25) is 9.25 Å². The summed E-state index contributed by atoms with van der Waals surface area (Å²) in [5.74, 6) is 0.822. The molecule has 0 atom stereocenters. The van der Waals surface area contributed by atoms with Crippen LogP contribution in [0.5, 0.6) is 0 Å². The first-order chi connectivity index (χ1) is 8.70. The summed E-state index contributed by atoms with van der Waals surface area (Å²) < 4.78 is 4.49. The summed E-state index contributed by atoms with van der Waals surface area (Å²) in [6.07, 6.45) is 4.59. The van der Waals surface area contributed by atoms with E-state index in [4.69, 9.17) is 0 Å². The van der Waals surface area contributed by atoms with E-state index < -0.39 is 0 Å². The molecular formula is C10H14BrN5OS.